The van der Waals surface area contributed by atoms with Crippen LogP contribution in [0.3, 0.4) is 0 Å². The molecule has 17 heteroatoms. The van der Waals surface area contributed by atoms with Gasteiger partial charge in [0.05, 0.1) is 20.4 Å². The predicted molar refractivity (Wildman–Crippen MR) is 255 cm³/mol. The number of fused-ring (bicyclic) bond motifs is 2. The third-order valence-corrected chi connectivity index (χ3v) is 29.5. The molecule has 2 heterocycles. The maximum atomic E-state index is 6.80. The maximum Gasteiger partial charge on any atom is 0.520 e. The molecule has 2 aliphatic carbocycles. The first-order chi connectivity index (χ1) is 27.8. The summed E-state index contributed by atoms with van der Waals surface area (Å²) < 4.78 is 43.0. The number of benzene rings is 2. The smallest absolute Gasteiger partial charge is 0.373 e. The molecular formula is C40H52N2O6S7Si2. The molecule has 4 atom stereocenters. The van der Waals surface area contributed by atoms with Gasteiger partial charge in [0.1, 0.15) is 20.1 Å². The van der Waals surface area contributed by atoms with Crippen LogP contribution in [-0.4, -0.2) is 67.2 Å². The predicted octanol–water partition coefficient (Wildman–Crippen LogP) is 12.8. The summed E-state index contributed by atoms with van der Waals surface area (Å²) in [6.45, 7) is 19.4. The third kappa shape index (κ3) is 8.52. The lowest BCUT2D eigenvalue weighted by molar-refractivity contribution is 0.0438. The monoisotopic (exact) mass is 936 g/mol. The van der Waals surface area contributed by atoms with Gasteiger partial charge < -0.3 is 26.6 Å². The number of allylic oxidation sites excluding steroid dienone is 8. The van der Waals surface area contributed by atoms with Gasteiger partial charge in [-0.1, -0.05) is 74.6 Å². The molecular weight excluding hydrogens is 885 g/mol. The molecule has 4 unspecified atom stereocenters. The van der Waals surface area contributed by atoms with E-state index < -0.39 is 27.7 Å². The summed E-state index contributed by atoms with van der Waals surface area (Å²) in [5.41, 5.74) is 1.94. The van der Waals surface area contributed by atoms with E-state index >= 15 is 0 Å². The van der Waals surface area contributed by atoms with Gasteiger partial charge in [0.2, 0.25) is 0 Å². The number of thiazole rings is 2. The fourth-order valence-corrected chi connectivity index (χ4v) is 28.8. The number of aromatic nitrogens is 2. The largest absolute Gasteiger partial charge is 0.520 e. The second-order valence-electron chi connectivity index (χ2n) is 13.1. The molecule has 0 N–H and O–H groups in total. The minimum Gasteiger partial charge on any atom is -0.373 e. The maximum absolute atomic E-state index is 6.80. The summed E-state index contributed by atoms with van der Waals surface area (Å²) >= 11 is 3.42. The second-order valence-corrected chi connectivity index (χ2v) is 28.2. The zero-order valence-electron chi connectivity index (χ0n) is 33.7. The fraction of sp³-hybridized carbons (Fsp3) is 0.450. The van der Waals surface area contributed by atoms with Crippen LogP contribution in [0.2, 0.25) is 0 Å². The van der Waals surface area contributed by atoms with Crippen LogP contribution in [0.4, 0.5) is 0 Å². The zero-order valence-corrected chi connectivity index (χ0v) is 41.4. The van der Waals surface area contributed by atoms with Crippen LogP contribution in [0, 0.1) is 11.8 Å². The molecule has 0 spiro atoms. The summed E-state index contributed by atoms with van der Waals surface area (Å²) in [5, 5.41) is 0.448. The lowest BCUT2D eigenvalue weighted by Crippen LogP contribution is -2.66. The average molecular weight is 938 g/mol. The second kappa shape index (κ2) is 20.8. The lowest BCUT2D eigenvalue weighted by atomic mass is 9.88. The Bertz CT molecular complexity index is 1830. The molecule has 2 aliphatic rings. The van der Waals surface area contributed by atoms with Crippen molar-refractivity contribution in [2.45, 2.75) is 65.5 Å². The van der Waals surface area contributed by atoms with Gasteiger partial charge >= 0.3 is 17.6 Å². The Morgan fingerprint density at radius 2 is 0.895 bits per heavy atom. The molecule has 0 aliphatic heterocycles. The van der Waals surface area contributed by atoms with E-state index in [9.17, 15) is 0 Å². The van der Waals surface area contributed by atoms with Crippen molar-refractivity contribution in [3.8, 4) is 0 Å². The lowest BCUT2D eigenvalue weighted by Gasteiger charge is -2.48. The van der Waals surface area contributed by atoms with Crippen molar-refractivity contribution in [2.24, 2.45) is 11.8 Å². The Balaban J connectivity index is 1.34. The van der Waals surface area contributed by atoms with Gasteiger partial charge in [0.25, 0.3) is 0 Å². The molecule has 0 saturated carbocycles. The number of hydrogen-bond acceptors (Lipinski definition) is 15. The molecule has 308 valence electrons. The van der Waals surface area contributed by atoms with Crippen LogP contribution in [0.1, 0.15) is 65.4 Å². The van der Waals surface area contributed by atoms with E-state index in [4.69, 9.17) is 36.5 Å². The Labute approximate surface area is 367 Å². The molecule has 4 aromatic rings. The highest BCUT2D eigenvalue weighted by atomic mass is 33.8. The Kier molecular flexibility index (Phi) is 16.7. The van der Waals surface area contributed by atoms with E-state index in [1.807, 2.05) is 53.7 Å². The number of hydrogen-bond donors (Lipinski definition) is 0. The number of rotatable bonds is 22. The van der Waals surface area contributed by atoms with Gasteiger partial charge in [-0.15, -0.1) is 22.7 Å². The van der Waals surface area contributed by atoms with Gasteiger partial charge in [-0.2, -0.15) is 0 Å². The Hall–Kier alpha value is -0.876. The molecule has 0 saturated heterocycles. The van der Waals surface area contributed by atoms with Crippen molar-refractivity contribution in [3.05, 3.63) is 105 Å². The van der Waals surface area contributed by atoms with Crippen LogP contribution >= 0.6 is 73.7 Å². The summed E-state index contributed by atoms with van der Waals surface area (Å²) in [4.78, 5) is 12.9. The van der Waals surface area contributed by atoms with Crippen LogP contribution < -0.4 is 0 Å². The highest BCUT2D eigenvalue weighted by Gasteiger charge is 2.70. The third-order valence-electron chi connectivity index (χ3n) is 9.98. The first kappa shape index (κ1) is 45.6. The first-order valence-electron chi connectivity index (χ1n) is 19.4. The van der Waals surface area contributed by atoms with Crippen LogP contribution in [0.5, 0.6) is 0 Å². The van der Waals surface area contributed by atoms with Crippen LogP contribution in [-0.2, 0) is 36.6 Å². The highest BCUT2D eigenvalue weighted by Crippen LogP contribution is 2.64. The molecule has 0 fully saturated rings. The molecule has 2 aromatic heterocycles. The topological polar surface area (TPSA) is 81.2 Å². The SMILES string of the molecule is CCO[Si](OCC)(OCC)C1(c2nc3ccccc3s2)C(SSSSSC2=CC=CC(C)C2(c2nc3ccccc3s2)[Si](OCC)(OCC)OCC)=CC=CC1C. The number of para-hydroxylation sites is 2. The van der Waals surface area contributed by atoms with Crippen LogP contribution in [0.15, 0.2) is 94.8 Å². The van der Waals surface area contributed by atoms with Crippen molar-refractivity contribution < 1.29 is 26.6 Å². The van der Waals surface area contributed by atoms with Gasteiger partial charge in [-0.3, -0.25) is 0 Å². The number of nitrogens with zero attached hydrogens (tertiary/aromatic N) is 2. The van der Waals surface area contributed by atoms with Gasteiger partial charge in [0, 0.05) is 49.5 Å². The van der Waals surface area contributed by atoms with Gasteiger partial charge in [-0.25, -0.2) is 9.97 Å². The molecule has 0 bridgehead atoms. The fourth-order valence-electron chi connectivity index (χ4n) is 7.80. The summed E-state index contributed by atoms with van der Waals surface area (Å²) in [6.07, 6.45) is 13.2. The van der Waals surface area contributed by atoms with Crippen molar-refractivity contribution in [3.63, 3.8) is 0 Å². The van der Waals surface area contributed by atoms with Gasteiger partial charge in [-0.05, 0) is 129 Å². The van der Waals surface area contributed by atoms with Gasteiger partial charge in [0.15, 0.2) is 0 Å². The van der Waals surface area contributed by atoms with E-state index in [-0.39, 0.29) is 11.8 Å². The Morgan fingerprint density at radius 3 is 1.23 bits per heavy atom. The zero-order chi connectivity index (χ0) is 40.5. The quantitative estimate of drug-likeness (QED) is 0.0426. The summed E-state index contributed by atoms with van der Waals surface area (Å²) in [6, 6.07) is 16.7. The molecule has 0 radical (unpaired) electrons. The molecule has 2 aromatic carbocycles. The Morgan fingerprint density at radius 1 is 0.544 bits per heavy atom. The molecule has 57 heavy (non-hydrogen) atoms. The van der Waals surface area contributed by atoms with Crippen molar-refractivity contribution >= 4 is 112 Å². The summed E-state index contributed by atoms with van der Waals surface area (Å²) in [5.74, 6) is -0.00300. The van der Waals surface area contributed by atoms with E-state index in [1.165, 1.54) is 0 Å². The van der Waals surface area contributed by atoms with E-state index in [2.05, 4.69) is 86.7 Å². The molecule has 8 nitrogen and oxygen atoms in total. The van der Waals surface area contributed by atoms with Crippen molar-refractivity contribution in [2.75, 3.05) is 39.6 Å². The first-order valence-corrected chi connectivity index (χ1v) is 30.7. The standard InChI is InChI=1S/C40H52N2O6S7Si2/c1-9-43-56(44-10-2,45-11-3)39(37-41-31-23-15-17-25-33(31)49-37)29(7)21-19-27-35(39)51-53-55-54-52-36-28-20-22-30(8)40(36,57(46-12-4,47-13-5)48-14-6)38-42-32-24-16-18-26-34(32)50-38/h15-30H,9-14H2,1-8H3. The van der Waals surface area contributed by atoms with Crippen LogP contribution in [0.25, 0.3) is 20.4 Å². The normalized spacial score (nSPS) is 22.7. The summed E-state index contributed by atoms with van der Waals surface area (Å²) in [7, 11) is 1.71. The van der Waals surface area contributed by atoms with E-state index in [1.54, 1.807) is 73.7 Å². The van der Waals surface area contributed by atoms with Crippen molar-refractivity contribution in [1.29, 1.82) is 0 Å². The van der Waals surface area contributed by atoms with E-state index in [0.717, 1.165) is 40.3 Å². The molecule has 0 amide bonds. The molecule has 6 rings (SSSR count). The minimum absolute atomic E-state index is 0.00150. The van der Waals surface area contributed by atoms with E-state index in [0.29, 0.717) is 39.6 Å². The highest BCUT2D eigenvalue weighted by molar-refractivity contribution is 9.36. The average Bonchev–Trinajstić information content (AvgIpc) is 3.84. The minimum atomic E-state index is -3.48. The van der Waals surface area contributed by atoms with Crippen molar-refractivity contribution in [1.82, 2.24) is 9.97 Å².